The number of halogens is 1. The van der Waals surface area contributed by atoms with Crippen LogP contribution < -0.4 is 10.6 Å². The Bertz CT molecular complexity index is 2060. The third kappa shape index (κ3) is 7.60. The van der Waals surface area contributed by atoms with E-state index >= 15 is 0 Å². The van der Waals surface area contributed by atoms with Crippen LogP contribution in [0.5, 0.6) is 0 Å². The summed E-state index contributed by atoms with van der Waals surface area (Å²) >= 11 is 6.18. The van der Waals surface area contributed by atoms with E-state index in [2.05, 4.69) is 25.8 Å². The highest BCUT2D eigenvalue weighted by atomic mass is 35.5. The topological polar surface area (TPSA) is 143 Å². The van der Waals surface area contributed by atoms with Gasteiger partial charge in [-0.1, -0.05) is 78.3 Å². The van der Waals surface area contributed by atoms with Crippen LogP contribution in [0.4, 0.5) is 0 Å². The van der Waals surface area contributed by atoms with Gasteiger partial charge in [-0.15, -0.1) is 0 Å². The van der Waals surface area contributed by atoms with Crippen LogP contribution in [0.1, 0.15) is 34.5 Å². The van der Waals surface area contributed by atoms with Crippen LogP contribution in [0.25, 0.3) is 22.2 Å². The van der Waals surface area contributed by atoms with E-state index in [1.807, 2.05) is 79.0 Å². The van der Waals surface area contributed by atoms with E-state index in [1.165, 1.54) is 0 Å². The van der Waals surface area contributed by atoms with E-state index in [1.54, 1.807) is 29.0 Å². The molecule has 0 radical (unpaired) electrons. The number of hydrogen-bond acceptors (Lipinski definition) is 5. The summed E-state index contributed by atoms with van der Waals surface area (Å²) in [5, 5.41) is 14.5. The monoisotopic (exact) mass is 719 g/mol. The number of H-pyrrole nitrogens is 2. The highest BCUT2D eigenvalue weighted by molar-refractivity contribution is 6.31. The Morgan fingerprint density at radius 3 is 2.44 bits per heavy atom. The third-order valence-electron chi connectivity index (χ3n) is 10.5. The molecule has 3 aromatic carbocycles. The van der Waals surface area contributed by atoms with Gasteiger partial charge in [0.1, 0.15) is 11.7 Å². The van der Waals surface area contributed by atoms with Crippen molar-refractivity contribution in [2.24, 2.45) is 17.8 Å². The number of aryl methyl sites for hydroxylation is 1. The second-order valence-corrected chi connectivity index (χ2v) is 14.2. The summed E-state index contributed by atoms with van der Waals surface area (Å²) < 4.78 is 0. The largest absolute Gasteiger partial charge is 0.361 e. The molecule has 11 nitrogen and oxygen atoms in total. The molecule has 268 valence electrons. The van der Waals surface area contributed by atoms with Gasteiger partial charge in [0.05, 0.1) is 18.0 Å². The van der Waals surface area contributed by atoms with Crippen molar-refractivity contribution >= 4 is 46.1 Å². The summed E-state index contributed by atoms with van der Waals surface area (Å²) in [6.07, 6.45) is 3.91. The highest BCUT2D eigenvalue weighted by Crippen LogP contribution is 2.37. The summed E-state index contributed by atoms with van der Waals surface area (Å²) in [7, 11) is 1.56. The average molecular weight is 720 g/mol. The molecule has 0 saturated carbocycles. The fourth-order valence-electron chi connectivity index (χ4n) is 7.74. The first-order chi connectivity index (χ1) is 25.3. The van der Waals surface area contributed by atoms with Gasteiger partial charge in [-0.25, -0.2) is 0 Å². The Kier molecular flexibility index (Phi) is 10.4. The van der Waals surface area contributed by atoms with Crippen LogP contribution in [0, 0.1) is 17.8 Å². The van der Waals surface area contributed by atoms with Gasteiger partial charge in [0.25, 0.3) is 5.91 Å². The van der Waals surface area contributed by atoms with Gasteiger partial charge in [0.15, 0.2) is 0 Å². The fraction of sp³-hybridized carbons (Fsp3) is 0.325. The maximum atomic E-state index is 14.2. The van der Waals surface area contributed by atoms with Crippen molar-refractivity contribution in [3.63, 3.8) is 0 Å². The number of piperidine rings is 1. The van der Waals surface area contributed by atoms with Crippen molar-refractivity contribution < 1.29 is 19.2 Å². The van der Waals surface area contributed by atoms with Gasteiger partial charge in [-0.3, -0.25) is 24.3 Å². The van der Waals surface area contributed by atoms with Crippen molar-refractivity contribution in [3.8, 4) is 11.3 Å². The smallest absolute Gasteiger partial charge is 0.271 e. The van der Waals surface area contributed by atoms with Crippen LogP contribution in [-0.4, -0.2) is 87.9 Å². The predicted molar refractivity (Wildman–Crippen MR) is 199 cm³/mol. The molecule has 52 heavy (non-hydrogen) atoms. The molecule has 4 N–H and O–H groups in total. The number of likely N-dealkylation sites (N-methyl/N-ethyl adjacent to an activating group) is 1. The molecule has 0 aliphatic carbocycles. The zero-order chi connectivity index (χ0) is 36.2. The normalized spacial score (nSPS) is 18.9. The van der Waals surface area contributed by atoms with Crippen LogP contribution in [0.15, 0.2) is 91.1 Å². The van der Waals surface area contributed by atoms with Crippen LogP contribution in [0.2, 0.25) is 5.02 Å². The van der Waals surface area contributed by atoms with Crippen LogP contribution in [0.3, 0.4) is 0 Å². The summed E-state index contributed by atoms with van der Waals surface area (Å²) in [6, 6.07) is 26.2. The third-order valence-corrected chi connectivity index (χ3v) is 10.7. The molecule has 12 heteroatoms. The lowest BCUT2D eigenvalue weighted by Crippen LogP contribution is -2.56. The highest BCUT2D eigenvalue weighted by Gasteiger charge is 2.48. The molecule has 0 spiro atoms. The summed E-state index contributed by atoms with van der Waals surface area (Å²) in [5.74, 6) is -1.82. The number of fused-ring (bicyclic) bond motifs is 2. The van der Waals surface area contributed by atoms with Gasteiger partial charge in [0, 0.05) is 60.9 Å². The minimum absolute atomic E-state index is 0.108. The van der Waals surface area contributed by atoms with E-state index < -0.39 is 12.0 Å². The van der Waals surface area contributed by atoms with Crippen LogP contribution in [-0.2, 0) is 27.2 Å². The molecule has 3 unspecified atom stereocenters. The number of carbonyl (C=O) groups excluding carboxylic acids is 4. The number of rotatable bonds is 11. The SMILES string of the molecule is CNC(=O)[C@H](CCCc1ccccc1)NC(=O)C1CN(C(=O)Cc2c[nH]c3cc(Cl)ccc23)CC2CN(C(=O)c3cc(-c4ccccc4)n[nH]3)CC21. The van der Waals surface area contributed by atoms with E-state index in [-0.39, 0.29) is 48.4 Å². The van der Waals surface area contributed by atoms with Crippen molar-refractivity contribution in [3.05, 3.63) is 113 Å². The lowest BCUT2D eigenvalue weighted by atomic mass is 9.79. The standard InChI is InChI=1S/C40H42ClN7O4/c1-42-39(51)33(14-8-11-25-9-4-2-5-10-25)44-38(50)32-24-47(37(49)17-27-20-43-35-18-29(41)15-16-30(27)35)21-28-22-48(23-31(28)32)40(52)36-19-34(45-46-36)26-12-6-3-7-13-26/h2-7,9-10,12-13,15-16,18-20,28,31-33,43H,8,11,14,17,21-24H2,1H3,(H,42,51)(H,44,50)(H,45,46)/t28?,31?,32?,33-/m0/s1. The number of likely N-dealkylation sites (tertiary alicyclic amines) is 2. The molecule has 2 saturated heterocycles. The van der Waals surface area contributed by atoms with Crippen molar-refractivity contribution in [2.75, 3.05) is 33.2 Å². The number of aromatic nitrogens is 3. The molecule has 2 aliphatic rings. The van der Waals surface area contributed by atoms with Gasteiger partial charge < -0.3 is 25.4 Å². The van der Waals surface area contributed by atoms with E-state index in [9.17, 15) is 19.2 Å². The number of nitrogens with one attached hydrogen (secondary N) is 4. The Morgan fingerprint density at radius 2 is 1.67 bits per heavy atom. The van der Waals surface area contributed by atoms with Crippen molar-refractivity contribution in [2.45, 2.75) is 31.7 Å². The Hall–Kier alpha value is -5.42. The Balaban J connectivity index is 1.10. The number of nitrogens with zero attached hydrogens (tertiary/aromatic N) is 3. The first kappa shape index (κ1) is 35.0. The number of carbonyl (C=O) groups is 4. The lowest BCUT2D eigenvalue weighted by molar-refractivity contribution is -0.140. The van der Waals surface area contributed by atoms with Gasteiger partial charge in [-0.05, 0) is 60.4 Å². The number of aromatic amines is 2. The maximum Gasteiger partial charge on any atom is 0.271 e. The molecular weight excluding hydrogens is 678 g/mol. The van der Waals surface area contributed by atoms with Crippen LogP contribution >= 0.6 is 11.6 Å². The predicted octanol–water partition coefficient (Wildman–Crippen LogP) is 4.85. The summed E-state index contributed by atoms with van der Waals surface area (Å²) in [4.78, 5) is 61.8. The van der Waals surface area contributed by atoms with E-state index in [4.69, 9.17) is 11.6 Å². The minimum Gasteiger partial charge on any atom is -0.361 e. The fourth-order valence-corrected chi connectivity index (χ4v) is 7.91. The molecule has 4 atom stereocenters. The quantitative estimate of drug-likeness (QED) is 0.154. The lowest BCUT2D eigenvalue weighted by Gasteiger charge is -2.40. The van der Waals surface area contributed by atoms with Gasteiger partial charge >= 0.3 is 0 Å². The molecule has 5 aromatic rings. The molecule has 2 fully saturated rings. The molecular formula is C40H42ClN7O4. The van der Waals surface area contributed by atoms with Crippen molar-refractivity contribution in [1.29, 1.82) is 0 Å². The molecule has 7 rings (SSSR count). The van der Waals surface area contributed by atoms with Crippen molar-refractivity contribution in [1.82, 2.24) is 35.6 Å². The van der Waals surface area contributed by atoms with E-state index in [0.29, 0.717) is 48.9 Å². The Morgan fingerprint density at radius 1 is 0.923 bits per heavy atom. The number of amides is 4. The molecule has 0 bridgehead atoms. The first-order valence-corrected chi connectivity index (χ1v) is 18.1. The zero-order valence-electron chi connectivity index (χ0n) is 29.0. The first-order valence-electron chi connectivity index (χ1n) is 17.8. The molecule has 2 aliphatic heterocycles. The van der Waals surface area contributed by atoms with Gasteiger partial charge in [0.2, 0.25) is 17.7 Å². The summed E-state index contributed by atoms with van der Waals surface area (Å²) in [6.45, 7) is 1.34. The number of benzene rings is 3. The van der Waals surface area contributed by atoms with E-state index in [0.717, 1.165) is 34.0 Å². The van der Waals surface area contributed by atoms with Gasteiger partial charge in [-0.2, -0.15) is 5.10 Å². The Labute approximate surface area is 307 Å². The zero-order valence-corrected chi connectivity index (χ0v) is 29.7. The average Bonchev–Trinajstić information content (AvgIpc) is 3.93. The number of hydrogen-bond donors (Lipinski definition) is 4. The molecule has 4 amide bonds. The summed E-state index contributed by atoms with van der Waals surface area (Å²) in [5.41, 5.74) is 4.78. The maximum absolute atomic E-state index is 14.2. The molecule has 4 heterocycles. The second kappa shape index (κ2) is 15.4. The minimum atomic E-state index is -0.732. The molecule has 2 aromatic heterocycles. The second-order valence-electron chi connectivity index (χ2n) is 13.8.